The van der Waals surface area contributed by atoms with Crippen molar-refractivity contribution in [2.24, 2.45) is 0 Å². The quantitative estimate of drug-likeness (QED) is 0.248. The molecule has 0 heterocycles. The fraction of sp³-hybridized carbons (Fsp3) is 1.00. The lowest BCUT2D eigenvalue weighted by Gasteiger charge is -2.30. The summed E-state index contributed by atoms with van der Waals surface area (Å²) in [5.74, 6) is 0. The van der Waals surface area contributed by atoms with Gasteiger partial charge in [-0.05, 0) is 59.3 Å². The number of hydrogen-bond acceptors (Lipinski definition) is 8. The molecule has 0 amide bonds. The molecule has 0 radical (unpaired) electrons. The maximum atomic E-state index is 10.9. The van der Waals surface area contributed by atoms with E-state index in [0.717, 1.165) is 31.8 Å². The van der Waals surface area contributed by atoms with Gasteiger partial charge in [0.15, 0.2) is 0 Å². The smallest absolute Gasteiger partial charge is 0.264 e. The van der Waals surface area contributed by atoms with Crippen molar-refractivity contribution in [1.29, 1.82) is 0 Å². The molecule has 0 rings (SSSR count). The molecule has 0 aromatic rings. The van der Waals surface area contributed by atoms with E-state index < -0.39 is 20.2 Å². The SMILES string of the molecule is CCC(C)(CCCOC(C)(C)CCCOS(C)(=O)=O)OCCCOS(C)(=O)=O. The Morgan fingerprint density at radius 1 is 0.679 bits per heavy atom. The van der Waals surface area contributed by atoms with E-state index in [1.165, 1.54) is 0 Å². The maximum absolute atomic E-state index is 10.9. The monoisotopic (exact) mass is 446 g/mol. The van der Waals surface area contributed by atoms with E-state index in [1.807, 2.05) is 20.8 Å². The van der Waals surface area contributed by atoms with Crippen LogP contribution in [-0.2, 0) is 38.1 Å². The first-order valence-electron chi connectivity index (χ1n) is 9.65. The van der Waals surface area contributed by atoms with E-state index in [2.05, 4.69) is 6.92 Å². The van der Waals surface area contributed by atoms with Gasteiger partial charge < -0.3 is 9.47 Å². The zero-order valence-electron chi connectivity index (χ0n) is 18.2. The lowest BCUT2D eigenvalue weighted by Crippen LogP contribution is -2.30. The van der Waals surface area contributed by atoms with Gasteiger partial charge in [-0.15, -0.1) is 0 Å². The Morgan fingerprint density at radius 2 is 1.14 bits per heavy atom. The van der Waals surface area contributed by atoms with Crippen LogP contribution in [-0.4, -0.2) is 67.0 Å². The molecule has 0 N–H and O–H groups in total. The summed E-state index contributed by atoms with van der Waals surface area (Å²) >= 11 is 0. The Balaban J connectivity index is 4.04. The summed E-state index contributed by atoms with van der Waals surface area (Å²) in [6, 6.07) is 0. The van der Waals surface area contributed by atoms with Gasteiger partial charge in [0.25, 0.3) is 20.2 Å². The molecule has 28 heavy (non-hydrogen) atoms. The van der Waals surface area contributed by atoms with Crippen LogP contribution >= 0.6 is 0 Å². The van der Waals surface area contributed by atoms with Crippen LogP contribution in [0.5, 0.6) is 0 Å². The van der Waals surface area contributed by atoms with Crippen LogP contribution in [0.2, 0.25) is 0 Å². The second-order valence-electron chi connectivity index (χ2n) is 7.87. The number of hydrogen-bond donors (Lipinski definition) is 0. The van der Waals surface area contributed by atoms with Crippen LogP contribution in [0.3, 0.4) is 0 Å². The van der Waals surface area contributed by atoms with Crippen LogP contribution in [0.1, 0.15) is 66.2 Å². The van der Waals surface area contributed by atoms with Gasteiger partial charge >= 0.3 is 0 Å². The molecule has 0 saturated carbocycles. The van der Waals surface area contributed by atoms with Gasteiger partial charge in [0.2, 0.25) is 0 Å². The second kappa shape index (κ2) is 12.4. The zero-order valence-corrected chi connectivity index (χ0v) is 19.8. The highest BCUT2D eigenvalue weighted by Crippen LogP contribution is 2.24. The summed E-state index contributed by atoms with van der Waals surface area (Å²) in [4.78, 5) is 0. The van der Waals surface area contributed by atoms with Crippen molar-refractivity contribution in [3.8, 4) is 0 Å². The highest BCUT2D eigenvalue weighted by Gasteiger charge is 2.23. The Morgan fingerprint density at radius 3 is 1.64 bits per heavy atom. The standard InChI is InChI=1S/C18H38O8S2/c1-7-18(4,24-14-10-16-26-28(6,21)22)12-9-13-23-17(2,3)11-8-15-25-27(5,19)20/h7-16H2,1-6H3. The first-order valence-corrected chi connectivity index (χ1v) is 13.3. The van der Waals surface area contributed by atoms with Crippen molar-refractivity contribution < 1.29 is 34.7 Å². The summed E-state index contributed by atoms with van der Waals surface area (Å²) in [5, 5.41) is 0. The summed E-state index contributed by atoms with van der Waals surface area (Å²) in [7, 11) is -6.80. The van der Waals surface area contributed by atoms with Crippen molar-refractivity contribution in [2.75, 3.05) is 38.9 Å². The van der Waals surface area contributed by atoms with E-state index in [1.54, 1.807) is 0 Å². The second-order valence-corrected chi connectivity index (χ2v) is 11.2. The summed E-state index contributed by atoms with van der Waals surface area (Å²) in [6.45, 7) is 9.35. The van der Waals surface area contributed by atoms with Gasteiger partial charge in [-0.2, -0.15) is 16.8 Å². The molecule has 0 aromatic heterocycles. The first-order chi connectivity index (χ1) is 12.7. The molecule has 0 spiro atoms. The molecule has 0 aromatic carbocycles. The Hall–Kier alpha value is -0.260. The molecule has 0 saturated heterocycles. The molecular weight excluding hydrogens is 408 g/mol. The van der Waals surface area contributed by atoms with Crippen LogP contribution in [0, 0.1) is 0 Å². The third-order valence-corrected chi connectivity index (χ3v) is 5.54. The van der Waals surface area contributed by atoms with Gasteiger partial charge in [0, 0.05) is 13.2 Å². The summed E-state index contributed by atoms with van der Waals surface area (Å²) in [5.41, 5.74) is -0.644. The van der Waals surface area contributed by atoms with E-state index in [-0.39, 0.29) is 24.4 Å². The normalized spacial score (nSPS) is 15.5. The van der Waals surface area contributed by atoms with Gasteiger partial charge in [0.05, 0.1) is 36.9 Å². The average molecular weight is 447 g/mol. The minimum absolute atomic E-state index is 0.124. The fourth-order valence-electron chi connectivity index (χ4n) is 2.51. The minimum Gasteiger partial charge on any atom is -0.376 e. The van der Waals surface area contributed by atoms with Crippen LogP contribution < -0.4 is 0 Å². The van der Waals surface area contributed by atoms with Gasteiger partial charge in [0.1, 0.15) is 0 Å². The van der Waals surface area contributed by atoms with E-state index in [4.69, 9.17) is 17.8 Å². The Bertz CT molecular complexity index is 628. The van der Waals surface area contributed by atoms with E-state index >= 15 is 0 Å². The van der Waals surface area contributed by atoms with Gasteiger partial charge in [-0.3, -0.25) is 8.37 Å². The molecule has 1 atom stereocenters. The van der Waals surface area contributed by atoms with Gasteiger partial charge in [-0.1, -0.05) is 6.92 Å². The summed E-state index contributed by atoms with van der Waals surface area (Å²) in [6.07, 6.45) is 6.38. The fourth-order valence-corrected chi connectivity index (χ4v) is 3.35. The third kappa shape index (κ3) is 16.7. The van der Waals surface area contributed by atoms with Crippen LogP contribution in [0.25, 0.3) is 0 Å². The van der Waals surface area contributed by atoms with Crippen LogP contribution in [0.4, 0.5) is 0 Å². The molecule has 0 aliphatic heterocycles. The van der Waals surface area contributed by atoms with E-state index in [0.29, 0.717) is 32.5 Å². The van der Waals surface area contributed by atoms with Gasteiger partial charge in [-0.25, -0.2) is 0 Å². The number of rotatable bonds is 17. The molecule has 170 valence electrons. The van der Waals surface area contributed by atoms with Crippen molar-refractivity contribution in [3.63, 3.8) is 0 Å². The predicted molar refractivity (Wildman–Crippen MR) is 109 cm³/mol. The zero-order chi connectivity index (χ0) is 21.9. The molecular formula is C18H38O8S2. The van der Waals surface area contributed by atoms with Crippen LogP contribution in [0.15, 0.2) is 0 Å². The maximum Gasteiger partial charge on any atom is 0.264 e. The number of ether oxygens (including phenoxy) is 2. The molecule has 8 nitrogen and oxygen atoms in total. The molecule has 10 heteroatoms. The summed E-state index contributed by atoms with van der Waals surface area (Å²) < 4.78 is 65.0. The van der Waals surface area contributed by atoms with Crippen molar-refractivity contribution >= 4 is 20.2 Å². The first kappa shape index (κ1) is 27.7. The molecule has 1 unspecified atom stereocenters. The molecule has 0 fully saturated rings. The molecule has 0 aliphatic carbocycles. The van der Waals surface area contributed by atoms with E-state index in [9.17, 15) is 16.8 Å². The minimum atomic E-state index is -3.40. The third-order valence-electron chi connectivity index (χ3n) is 4.35. The van der Waals surface area contributed by atoms with Crippen molar-refractivity contribution in [3.05, 3.63) is 0 Å². The predicted octanol–water partition coefficient (Wildman–Crippen LogP) is 2.87. The average Bonchev–Trinajstić information content (AvgIpc) is 2.54. The molecule has 0 aliphatic rings. The lowest BCUT2D eigenvalue weighted by atomic mass is 9.96. The lowest BCUT2D eigenvalue weighted by molar-refractivity contribution is -0.0629. The Kier molecular flexibility index (Phi) is 12.3. The van der Waals surface area contributed by atoms with Crippen molar-refractivity contribution in [1.82, 2.24) is 0 Å². The highest BCUT2D eigenvalue weighted by molar-refractivity contribution is 7.86. The largest absolute Gasteiger partial charge is 0.376 e. The van der Waals surface area contributed by atoms with Crippen molar-refractivity contribution in [2.45, 2.75) is 77.4 Å². The topological polar surface area (TPSA) is 105 Å². The molecule has 0 bridgehead atoms. The Labute approximate surface area is 171 Å². The highest BCUT2D eigenvalue weighted by atomic mass is 32.2.